The zero-order valence-corrected chi connectivity index (χ0v) is 23.5. The highest BCUT2D eigenvalue weighted by atomic mass is 19.4. The minimum atomic E-state index is -9.35. The highest BCUT2D eigenvalue weighted by Gasteiger charge is 2.98. The van der Waals surface area contributed by atoms with Crippen molar-refractivity contribution in [2.75, 3.05) is 0 Å². The molecule has 36 heteroatoms. The Morgan fingerprint density at radius 3 is 0.745 bits per heavy atom. The number of nitrogens with zero attached hydrogens (tertiary/aromatic N) is 2. The maximum Gasteiger partial charge on any atom is 0.469 e. The summed E-state index contributed by atoms with van der Waals surface area (Å²) in [5.41, 5.74) is 0. The van der Waals surface area contributed by atoms with Crippen LogP contribution in [0.15, 0.2) is 18.7 Å². The van der Waals surface area contributed by atoms with Crippen LogP contribution < -0.4 is 4.57 Å². The van der Waals surface area contributed by atoms with E-state index in [0.29, 0.717) is 0 Å². The highest BCUT2D eigenvalue weighted by molar-refractivity contribution is 5.16. The molecule has 0 unspecified atom stereocenters. The summed E-state index contributed by atoms with van der Waals surface area (Å²) in [7, 11) is 0. The molecule has 326 valence electrons. The molecule has 1 rings (SSSR count). The molecule has 0 aliphatic rings. The molecular weight excluding hydrogens is 902 g/mol. The predicted molar refractivity (Wildman–Crippen MR) is 96.5 cm³/mol. The van der Waals surface area contributed by atoms with Crippen molar-refractivity contribution < 1.29 is 154 Å². The summed E-state index contributed by atoms with van der Waals surface area (Å²) in [6.45, 7) is 0. The molecule has 0 atom stereocenters. The molecule has 0 saturated carbocycles. The van der Waals surface area contributed by atoms with Gasteiger partial charge in [0.15, 0.2) is 0 Å². The van der Waals surface area contributed by atoms with Gasteiger partial charge in [-0.05, 0) is 0 Å². The number of alkyl halides is 34. The quantitative estimate of drug-likeness (QED) is 0.130. The largest absolute Gasteiger partial charge is 0.469 e. The summed E-state index contributed by atoms with van der Waals surface area (Å²) in [5, 5.41) is 0. The molecular formula is C19H3F34N2+. The molecule has 1 aromatic heterocycles. The fraction of sp³-hybridized carbons (Fsp3) is 0.842. The van der Waals surface area contributed by atoms with Gasteiger partial charge >= 0.3 is 95.5 Å². The number of hydrogen-bond donors (Lipinski definition) is 0. The first-order valence-electron chi connectivity index (χ1n) is 11.7. The minimum absolute atomic E-state index is 1.78. The van der Waals surface area contributed by atoms with Gasteiger partial charge in [-0.3, -0.25) is 0 Å². The summed E-state index contributed by atoms with van der Waals surface area (Å²) in [4.78, 5) is 0. The van der Waals surface area contributed by atoms with Crippen molar-refractivity contribution in [2.45, 2.75) is 95.5 Å². The average molecular weight is 905 g/mol. The smallest absolute Gasteiger partial charge is 0.192 e. The van der Waals surface area contributed by atoms with Crippen molar-refractivity contribution >= 4 is 0 Å². The van der Waals surface area contributed by atoms with Gasteiger partial charge < -0.3 is 0 Å². The van der Waals surface area contributed by atoms with E-state index in [9.17, 15) is 149 Å². The van der Waals surface area contributed by atoms with Gasteiger partial charge in [0, 0.05) is 0 Å². The molecule has 55 heavy (non-hydrogen) atoms. The Morgan fingerprint density at radius 2 is 0.491 bits per heavy atom. The van der Waals surface area contributed by atoms with Crippen LogP contribution in [-0.4, -0.2) is 88.0 Å². The van der Waals surface area contributed by atoms with Crippen molar-refractivity contribution in [2.24, 2.45) is 0 Å². The van der Waals surface area contributed by atoms with Crippen LogP contribution in [0.25, 0.3) is 0 Å². The van der Waals surface area contributed by atoms with Crippen LogP contribution in [0.5, 0.6) is 0 Å². The van der Waals surface area contributed by atoms with E-state index >= 15 is 0 Å². The minimum Gasteiger partial charge on any atom is -0.192 e. The lowest BCUT2D eigenvalue weighted by molar-refractivity contribution is -0.849. The van der Waals surface area contributed by atoms with Crippen molar-refractivity contribution in [1.29, 1.82) is 0 Å². The number of aromatic nitrogens is 2. The molecule has 0 N–H and O–H groups in total. The number of halogens is 34. The zero-order valence-electron chi connectivity index (χ0n) is 23.5. The molecule has 1 aromatic rings. The Kier molecular flexibility index (Phi) is 11.0. The third-order valence-corrected chi connectivity index (χ3v) is 6.70. The molecule has 0 fully saturated rings. The molecule has 0 amide bonds. The summed E-state index contributed by atoms with van der Waals surface area (Å²) in [5.74, 6) is -109. The van der Waals surface area contributed by atoms with Crippen molar-refractivity contribution in [3.05, 3.63) is 18.7 Å². The maximum absolute atomic E-state index is 14.3. The second-order valence-electron chi connectivity index (χ2n) is 10.2. The topological polar surface area (TPSA) is 8.81 Å². The van der Waals surface area contributed by atoms with Crippen molar-refractivity contribution in [3.8, 4) is 0 Å². The maximum atomic E-state index is 14.3. The van der Waals surface area contributed by atoms with E-state index in [-0.39, 0.29) is 0 Å². The van der Waals surface area contributed by atoms with E-state index in [1.165, 1.54) is 0 Å². The van der Waals surface area contributed by atoms with E-state index in [1.54, 1.807) is 0 Å². The van der Waals surface area contributed by atoms with E-state index in [0.717, 1.165) is 0 Å². The molecule has 0 bridgehead atoms. The Morgan fingerprint density at radius 1 is 0.273 bits per heavy atom. The molecule has 0 aromatic carbocycles. The van der Waals surface area contributed by atoms with Gasteiger partial charge in [-0.25, -0.2) is 0 Å². The summed E-state index contributed by atoms with van der Waals surface area (Å²) in [6.07, 6.45) is -22.3. The fourth-order valence-electron chi connectivity index (χ4n) is 3.32. The first kappa shape index (κ1) is 49.8. The van der Waals surface area contributed by atoms with Crippen molar-refractivity contribution in [3.63, 3.8) is 0 Å². The summed E-state index contributed by atoms with van der Waals surface area (Å²) >= 11 is 0. The SMILES string of the molecule is FC(F)(F)C(F)(F)C(F)(F)C(F)(F)C(F)(F)C(F)(F)C(F)(F)C(F)(F)n1cc[n+](C(F)(F)C(F)(F)C(F)(F)C(F)(F)C(F)(F)C(F)(F)C(F)(F)C(F)(F)F)c1. The van der Waals surface area contributed by atoms with Crippen LogP contribution in [0.1, 0.15) is 0 Å². The van der Waals surface area contributed by atoms with Crippen LogP contribution in [-0.2, 0) is 12.1 Å². The van der Waals surface area contributed by atoms with Gasteiger partial charge in [-0.2, -0.15) is 158 Å². The zero-order chi connectivity index (χ0) is 45.3. The number of imidazole rings is 1. The molecule has 0 aliphatic heterocycles. The predicted octanol–water partition coefficient (Wildman–Crippen LogP) is 10.6. The Bertz CT molecular complexity index is 1440. The number of hydrogen-bond acceptors (Lipinski definition) is 0. The lowest BCUT2D eigenvalue weighted by atomic mass is 9.90. The molecule has 0 saturated heterocycles. The van der Waals surface area contributed by atoms with Crippen LogP contribution >= 0.6 is 0 Å². The van der Waals surface area contributed by atoms with Crippen LogP contribution in [0.2, 0.25) is 0 Å². The normalized spacial score (nSPS) is 16.9. The van der Waals surface area contributed by atoms with Gasteiger partial charge in [-0.1, -0.05) is 0 Å². The van der Waals surface area contributed by atoms with Gasteiger partial charge in [0.2, 0.25) is 0 Å². The van der Waals surface area contributed by atoms with Crippen LogP contribution in [0.3, 0.4) is 0 Å². The van der Waals surface area contributed by atoms with Gasteiger partial charge in [0.05, 0.1) is 0 Å². The third kappa shape index (κ3) is 5.86. The lowest BCUT2D eigenvalue weighted by Crippen LogP contribution is -2.76. The molecule has 0 radical (unpaired) electrons. The average Bonchev–Trinajstić information content (AvgIpc) is 3.47. The van der Waals surface area contributed by atoms with E-state index < -0.39 is 123 Å². The van der Waals surface area contributed by atoms with E-state index in [2.05, 4.69) is 0 Å². The second kappa shape index (κ2) is 12.2. The van der Waals surface area contributed by atoms with E-state index in [4.69, 9.17) is 0 Å². The third-order valence-electron chi connectivity index (χ3n) is 6.70. The first-order valence-corrected chi connectivity index (χ1v) is 11.7. The van der Waals surface area contributed by atoms with Crippen molar-refractivity contribution in [1.82, 2.24) is 4.57 Å². The van der Waals surface area contributed by atoms with E-state index in [1.807, 2.05) is 0 Å². The van der Waals surface area contributed by atoms with Gasteiger partial charge in [-0.15, -0.1) is 0 Å². The lowest BCUT2D eigenvalue weighted by Gasteiger charge is -2.42. The molecule has 2 nitrogen and oxygen atoms in total. The number of rotatable bonds is 14. The standard InChI is InChI=1S/C19H3F34N2/c20-4(21,8(28,29)12(36,37)16(44,45)46)6(24,25)10(32,33)14(40,41)18(50,51)54-1-2-55(3-54)19(52,53)15(42,43)11(34,35)7(26,27)5(22,23)9(30,31)13(38,39)17(47,48)49/h1-3H/q+1. The Hall–Kier alpha value is -3.17. The monoisotopic (exact) mass is 905 g/mol. The Labute approximate surface area is 274 Å². The Balaban J connectivity index is 3.93. The van der Waals surface area contributed by atoms with Gasteiger partial charge in [0.1, 0.15) is 12.4 Å². The molecule has 0 spiro atoms. The van der Waals surface area contributed by atoms with Crippen LogP contribution in [0.4, 0.5) is 149 Å². The van der Waals surface area contributed by atoms with Gasteiger partial charge in [0.25, 0.3) is 6.33 Å². The fourth-order valence-corrected chi connectivity index (χ4v) is 3.32. The summed E-state index contributed by atoms with van der Waals surface area (Å²) < 4.78 is 449. The molecule has 1 heterocycles. The first-order chi connectivity index (χ1) is 23.2. The summed E-state index contributed by atoms with van der Waals surface area (Å²) in [6, 6.07) is -16.1. The molecule has 0 aliphatic carbocycles. The van der Waals surface area contributed by atoms with Crippen LogP contribution in [0, 0.1) is 0 Å². The second-order valence-corrected chi connectivity index (χ2v) is 10.2. The highest BCUT2D eigenvalue weighted by Crippen LogP contribution is 2.66.